The standard InChI is InChI=1S/C13H20N2OS/c1-9-7-15(8-10(2)17-9)11-4-5-12(14)13(6-11)16-3/h4-6,9-10H,7-8,14H2,1-3H3. The summed E-state index contributed by atoms with van der Waals surface area (Å²) >= 11 is 2.06. The van der Waals surface area contributed by atoms with Gasteiger partial charge < -0.3 is 15.4 Å². The molecular formula is C13H20N2OS. The molecule has 0 aromatic heterocycles. The lowest BCUT2D eigenvalue weighted by Crippen LogP contribution is -2.40. The van der Waals surface area contributed by atoms with Crippen LogP contribution in [0.4, 0.5) is 11.4 Å². The lowest BCUT2D eigenvalue weighted by molar-refractivity contribution is 0.417. The first-order chi connectivity index (χ1) is 8.10. The van der Waals surface area contributed by atoms with Crippen LogP contribution in [0.1, 0.15) is 13.8 Å². The van der Waals surface area contributed by atoms with Crippen LogP contribution in [-0.4, -0.2) is 30.7 Å². The normalized spacial score (nSPS) is 24.8. The van der Waals surface area contributed by atoms with Gasteiger partial charge in [0.05, 0.1) is 12.8 Å². The number of ether oxygens (including phenoxy) is 1. The van der Waals surface area contributed by atoms with Gasteiger partial charge in [-0.25, -0.2) is 0 Å². The van der Waals surface area contributed by atoms with Crippen LogP contribution < -0.4 is 15.4 Å². The van der Waals surface area contributed by atoms with Crippen LogP contribution in [0.2, 0.25) is 0 Å². The van der Waals surface area contributed by atoms with Crippen molar-refractivity contribution < 1.29 is 4.74 Å². The molecule has 3 nitrogen and oxygen atoms in total. The maximum atomic E-state index is 5.84. The van der Waals surface area contributed by atoms with E-state index in [0.29, 0.717) is 16.2 Å². The van der Waals surface area contributed by atoms with E-state index in [0.717, 1.165) is 18.8 Å². The summed E-state index contributed by atoms with van der Waals surface area (Å²) in [7, 11) is 1.66. The van der Waals surface area contributed by atoms with Gasteiger partial charge in [0.2, 0.25) is 0 Å². The number of benzene rings is 1. The topological polar surface area (TPSA) is 38.5 Å². The third-order valence-corrected chi connectivity index (χ3v) is 4.23. The Balaban J connectivity index is 2.21. The Labute approximate surface area is 107 Å². The number of thioether (sulfide) groups is 1. The van der Waals surface area contributed by atoms with Crippen molar-refractivity contribution in [2.75, 3.05) is 30.8 Å². The predicted molar refractivity (Wildman–Crippen MR) is 76.1 cm³/mol. The van der Waals surface area contributed by atoms with Gasteiger partial charge in [0.25, 0.3) is 0 Å². The Hall–Kier alpha value is -1.03. The number of rotatable bonds is 2. The zero-order valence-corrected chi connectivity index (χ0v) is 11.5. The molecular weight excluding hydrogens is 232 g/mol. The molecule has 1 aliphatic rings. The van der Waals surface area contributed by atoms with Crippen LogP contribution in [0.3, 0.4) is 0 Å². The largest absolute Gasteiger partial charge is 0.495 e. The van der Waals surface area contributed by atoms with E-state index in [-0.39, 0.29) is 0 Å². The average molecular weight is 252 g/mol. The van der Waals surface area contributed by atoms with E-state index in [2.05, 4.69) is 36.6 Å². The second kappa shape index (κ2) is 5.08. The van der Waals surface area contributed by atoms with Crippen LogP contribution in [0, 0.1) is 0 Å². The lowest BCUT2D eigenvalue weighted by Gasteiger charge is -2.36. The van der Waals surface area contributed by atoms with Crippen LogP contribution in [0.15, 0.2) is 18.2 Å². The summed E-state index contributed by atoms with van der Waals surface area (Å²) in [5.41, 5.74) is 7.74. The molecule has 1 aromatic carbocycles. The van der Waals surface area contributed by atoms with Crippen molar-refractivity contribution in [3.05, 3.63) is 18.2 Å². The van der Waals surface area contributed by atoms with Crippen molar-refractivity contribution >= 4 is 23.1 Å². The van der Waals surface area contributed by atoms with Gasteiger partial charge in [0.15, 0.2) is 0 Å². The Morgan fingerprint density at radius 2 is 1.94 bits per heavy atom. The number of hydrogen-bond donors (Lipinski definition) is 1. The monoisotopic (exact) mass is 252 g/mol. The molecule has 1 saturated heterocycles. The van der Waals surface area contributed by atoms with Gasteiger partial charge in [-0.2, -0.15) is 11.8 Å². The molecule has 0 radical (unpaired) electrons. The summed E-state index contributed by atoms with van der Waals surface area (Å²) < 4.78 is 5.27. The fourth-order valence-electron chi connectivity index (χ4n) is 2.29. The molecule has 2 N–H and O–H groups in total. The van der Waals surface area contributed by atoms with Gasteiger partial charge in [-0.15, -0.1) is 0 Å². The Bertz CT molecular complexity index is 387. The van der Waals surface area contributed by atoms with Gasteiger partial charge in [-0.05, 0) is 12.1 Å². The summed E-state index contributed by atoms with van der Waals surface area (Å²) in [6.07, 6.45) is 0. The number of anilines is 2. The minimum Gasteiger partial charge on any atom is -0.495 e. The summed E-state index contributed by atoms with van der Waals surface area (Å²) in [4.78, 5) is 2.41. The molecule has 2 atom stereocenters. The molecule has 4 heteroatoms. The molecule has 17 heavy (non-hydrogen) atoms. The number of nitrogens with zero attached hydrogens (tertiary/aromatic N) is 1. The molecule has 1 heterocycles. The minimum atomic E-state index is 0.669. The van der Waals surface area contributed by atoms with E-state index in [9.17, 15) is 0 Å². The fraction of sp³-hybridized carbons (Fsp3) is 0.538. The summed E-state index contributed by atoms with van der Waals surface area (Å²) in [6.45, 7) is 6.73. The number of nitrogen functional groups attached to an aromatic ring is 1. The molecule has 1 aromatic rings. The van der Waals surface area contributed by atoms with Crippen LogP contribution >= 0.6 is 11.8 Å². The smallest absolute Gasteiger partial charge is 0.143 e. The highest BCUT2D eigenvalue weighted by Gasteiger charge is 2.22. The van der Waals surface area contributed by atoms with E-state index in [1.54, 1.807) is 7.11 Å². The van der Waals surface area contributed by atoms with E-state index in [1.165, 1.54) is 5.69 Å². The quantitative estimate of drug-likeness (QED) is 0.821. The van der Waals surface area contributed by atoms with E-state index >= 15 is 0 Å². The van der Waals surface area contributed by atoms with Gasteiger partial charge in [-0.1, -0.05) is 13.8 Å². The first-order valence-electron chi connectivity index (χ1n) is 5.94. The third kappa shape index (κ3) is 2.80. The Morgan fingerprint density at radius 1 is 1.29 bits per heavy atom. The first-order valence-corrected chi connectivity index (χ1v) is 6.88. The molecule has 0 aliphatic carbocycles. The molecule has 0 saturated carbocycles. The highest BCUT2D eigenvalue weighted by Crippen LogP contribution is 2.32. The Morgan fingerprint density at radius 3 is 2.53 bits per heavy atom. The minimum absolute atomic E-state index is 0.669. The summed E-state index contributed by atoms with van der Waals surface area (Å²) in [5.74, 6) is 0.765. The second-order valence-corrected chi connectivity index (χ2v) is 6.47. The van der Waals surface area contributed by atoms with Crippen molar-refractivity contribution in [1.29, 1.82) is 0 Å². The fourth-order valence-corrected chi connectivity index (χ4v) is 3.61. The molecule has 0 amide bonds. The maximum Gasteiger partial charge on any atom is 0.143 e. The molecule has 94 valence electrons. The van der Waals surface area contributed by atoms with Crippen molar-refractivity contribution in [3.63, 3.8) is 0 Å². The number of nitrogens with two attached hydrogens (primary N) is 1. The molecule has 1 aliphatic heterocycles. The van der Waals surface area contributed by atoms with E-state index in [1.807, 2.05) is 12.1 Å². The average Bonchev–Trinajstić information content (AvgIpc) is 2.28. The summed E-state index contributed by atoms with van der Waals surface area (Å²) in [5, 5.41) is 1.34. The molecule has 2 unspecified atom stereocenters. The first kappa shape index (κ1) is 12.4. The SMILES string of the molecule is COc1cc(N2CC(C)SC(C)C2)ccc1N. The third-order valence-electron chi connectivity index (χ3n) is 3.00. The lowest BCUT2D eigenvalue weighted by atomic mass is 10.2. The molecule has 0 bridgehead atoms. The molecule has 0 spiro atoms. The van der Waals surface area contributed by atoms with Crippen molar-refractivity contribution in [3.8, 4) is 5.75 Å². The number of methoxy groups -OCH3 is 1. The molecule has 1 fully saturated rings. The van der Waals surface area contributed by atoms with E-state index in [4.69, 9.17) is 10.5 Å². The highest BCUT2D eigenvalue weighted by molar-refractivity contribution is 8.00. The number of hydrogen-bond acceptors (Lipinski definition) is 4. The highest BCUT2D eigenvalue weighted by atomic mass is 32.2. The second-order valence-electron chi connectivity index (χ2n) is 4.59. The predicted octanol–water partition coefficient (Wildman–Crippen LogP) is 2.61. The van der Waals surface area contributed by atoms with Crippen LogP contribution in [-0.2, 0) is 0 Å². The van der Waals surface area contributed by atoms with Crippen LogP contribution in [0.5, 0.6) is 5.75 Å². The zero-order valence-electron chi connectivity index (χ0n) is 10.6. The van der Waals surface area contributed by atoms with Crippen molar-refractivity contribution in [2.45, 2.75) is 24.3 Å². The van der Waals surface area contributed by atoms with Crippen LogP contribution in [0.25, 0.3) is 0 Å². The van der Waals surface area contributed by atoms with E-state index < -0.39 is 0 Å². The van der Waals surface area contributed by atoms with Crippen molar-refractivity contribution in [2.24, 2.45) is 0 Å². The summed E-state index contributed by atoms with van der Waals surface area (Å²) in [6, 6.07) is 6.03. The van der Waals surface area contributed by atoms with Gasteiger partial charge >= 0.3 is 0 Å². The maximum absolute atomic E-state index is 5.84. The Kier molecular flexibility index (Phi) is 3.72. The molecule has 2 rings (SSSR count). The van der Waals surface area contributed by atoms with Gasteiger partial charge in [-0.3, -0.25) is 0 Å². The van der Waals surface area contributed by atoms with Crippen molar-refractivity contribution in [1.82, 2.24) is 0 Å². The van der Waals surface area contributed by atoms with Gasteiger partial charge in [0.1, 0.15) is 5.75 Å². The zero-order chi connectivity index (χ0) is 12.4. The van der Waals surface area contributed by atoms with Gasteiger partial charge in [0, 0.05) is 35.3 Å².